The highest BCUT2D eigenvalue weighted by molar-refractivity contribution is 6.33. The second kappa shape index (κ2) is 6.93. The largest absolute Gasteiger partial charge is 0.396 e. The Kier molecular flexibility index (Phi) is 5.22. The zero-order valence-electron chi connectivity index (χ0n) is 11.4. The summed E-state index contributed by atoms with van der Waals surface area (Å²) in [6.07, 6.45) is 2.04. The van der Waals surface area contributed by atoms with Crippen LogP contribution in [0.2, 0.25) is 10.0 Å². The van der Waals surface area contributed by atoms with Crippen molar-refractivity contribution in [3.8, 4) is 5.69 Å². The van der Waals surface area contributed by atoms with Gasteiger partial charge in [0.1, 0.15) is 5.02 Å². The van der Waals surface area contributed by atoms with E-state index in [2.05, 4.69) is 10.4 Å². The molecule has 0 saturated heterocycles. The Morgan fingerprint density at radius 2 is 2.14 bits per heavy atom. The molecule has 7 heteroatoms. The number of nitrogens with zero attached hydrogens (tertiary/aromatic N) is 2. The smallest absolute Gasteiger partial charge is 0.292 e. The maximum Gasteiger partial charge on any atom is 0.292 e. The summed E-state index contributed by atoms with van der Waals surface area (Å²) in [5.74, 6) is 0. The van der Waals surface area contributed by atoms with E-state index in [4.69, 9.17) is 28.3 Å². The lowest BCUT2D eigenvalue weighted by atomic mass is 10.2. The van der Waals surface area contributed by atoms with Crippen LogP contribution in [0.25, 0.3) is 5.69 Å². The molecule has 2 N–H and O–H groups in total. The third-order valence-electron chi connectivity index (χ3n) is 2.97. The van der Waals surface area contributed by atoms with Gasteiger partial charge in [-0.15, -0.1) is 0 Å². The maximum atomic E-state index is 12.3. The molecule has 112 valence electrons. The first kappa shape index (κ1) is 15.8. The number of hydrogen-bond donors (Lipinski definition) is 2. The van der Waals surface area contributed by atoms with Crippen LogP contribution in [-0.2, 0) is 0 Å². The number of aromatic nitrogens is 2. The van der Waals surface area contributed by atoms with Crippen molar-refractivity contribution in [1.29, 1.82) is 0 Å². The molecule has 2 aromatic rings. The summed E-state index contributed by atoms with van der Waals surface area (Å²) in [6.45, 7) is 2.46. The van der Waals surface area contributed by atoms with Gasteiger partial charge in [0.15, 0.2) is 0 Å². The molecule has 0 aliphatic rings. The lowest BCUT2D eigenvalue weighted by Crippen LogP contribution is -2.23. The number of anilines is 1. The molecule has 5 nitrogen and oxygen atoms in total. The molecule has 21 heavy (non-hydrogen) atoms. The predicted molar refractivity (Wildman–Crippen MR) is 84.8 cm³/mol. The summed E-state index contributed by atoms with van der Waals surface area (Å²) >= 11 is 12.1. The van der Waals surface area contributed by atoms with Crippen molar-refractivity contribution >= 4 is 28.9 Å². The number of halogens is 2. The minimum absolute atomic E-state index is 0.0552. The van der Waals surface area contributed by atoms with E-state index in [0.29, 0.717) is 29.4 Å². The molecule has 1 aromatic carbocycles. The van der Waals surface area contributed by atoms with Crippen LogP contribution in [0.4, 0.5) is 5.69 Å². The summed E-state index contributed by atoms with van der Waals surface area (Å²) in [5, 5.41) is 16.4. The normalized spacial score (nSPS) is 10.7. The zero-order chi connectivity index (χ0) is 15.4. The van der Waals surface area contributed by atoms with Crippen LogP contribution in [-0.4, -0.2) is 28.0 Å². The molecular weight excluding hydrogens is 313 g/mol. The second-order valence-corrected chi connectivity index (χ2v) is 5.31. The van der Waals surface area contributed by atoms with Gasteiger partial charge in [0, 0.05) is 18.2 Å². The first-order chi connectivity index (χ1) is 10.0. The van der Waals surface area contributed by atoms with Gasteiger partial charge in [0.05, 0.1) is 17.6 Å². The van der Waals surface area contributed by atoms with Gasteiger partial charge in [0.25, 0.3) is 5.56 Å². The fourth-order valence-electron chi connectivity index (χ4n) is 1.76. The number of benzene rings is 1. The molecule has 0 unspecified atom stereocenters. The summed E-state index contributed by atoms with van der Waals surface area (Å²) < 4.78 is 1.20. The fraction of sp³-hybridized carbons (Fsp3) is 0.286. The molecule has 0 radical (unpaired) electrons. The van der Waals surface area contributed by atoms with E-state index in [-0.39, 0.29) is 11.6 Å². The Bertz CT molecular complexity index is 701. The number of rotatable bonds is 5. The molecule has 0 bridgehead atoms. The SMILES string of the molecule is Cc1ccc(-n2ncc(NCCCO)c(Cl)c2=O)cc1Cl. The summed E-state index contributed by atoms with van der Waals surface area (Å²) in [7, 11) is 0. The molecular formula is C14H15Cl2N3O2. The number of aliphatic hydroxyl groups is 1. The van der Waals surface area contributed by atoms with Crippen molar-refractivity contribution in [2.75, 3.05) is 18.5 Å². The van der Waals surface area contributed by atoms with E-state index < -0.39 is 5.56 Å². The lowest BCUT2D eigenvalue weighted by Gasteiger charge is -2.10. The summed E-state index contributed by atoms with van der Waals surface area (Å²) in [5.41, 5.74) is 1.50. The number of nitrogens with one attached hydrogen (secondary N) is 1. The predicted octanol–water partition coefficient (Wildman–Crippen LogP) is 2.64. The minimum atomic E-state index is -0.425. The van der Waals surface area contributed by atoms with E-state index >= 15 is 0 Å². The first-order valence-electron chi connectivity index (χ1n) is 6.43. The molecule has 1 aromatic heterocycles. The van der Waals surface area contributed by atoms with Gasteiger partial charge >= 0.3 is 0 Å². The lowest BCUT2D eigenvalue weighted by molar-refractivity contribution is 0.292. The van der Waals surface area contributed by atoms with Crippen LogP contribution in [0.15, 0.2) is 29.2 Å². The zero-order valence-corrected chi connectivity index (χ0v) is 12.9. The van der Waals surface area contributed by atoms with Gasteiger partial charge in [-0.25, -0.2) is 0 Å². The Hall–Kier alpha value is -1.56. The monoisotopic (exact) mass is 327 g/mol. The number of aryl methyl sites for hydroxylation is 1. The van der Waals surface area contributed by atoms with E-state index in [1.165, 1.54) is 10.9 Å². The van der Waals surface area contributed by atoms with Crippen LogP contribution in [0, 0.1) is 6.92 Å². The molecule has 0 fully saturated rings. The van der Waals surface area contributed by atoms with E-state index in [0.717, 1.165) is 5.56 Å². The highest BCUT2D eigenvalue weighted by atomic mass is 35.5. The van der Waals surface area contributed by atoms with Crippen LogP contribution in [0.5, 0.6) is 0 Å². The van der Waals surface area contributed by atoms with Crippen molar-refractivity contribution in [3.05, 3.63) is 50.4 Å². The van der Waals surface area contributed by atoms with Crippen LogP contribution in [0.1, 0.15) is 12.0 Å². The molecule has 0 spiro atoms. The highest BCUT2D eigenvalue weighted by Gasteiger charge is 2.11. The standard InChI is InChI=1S/C14H15Cl2N3O2/c1-9-3-4-10(7-11(9)15)19-14(21)13(16)12(8-18-19)17-5-2-6-20/h3-4,7-8,17,20H,2,5-6H2,1H3. The molecule has 0 aliphatic heterocycles. The summed E-state index contributed by atoms with van der Waals surface area (Å²) in [6, 6.07) is 5.23. The van der Waals surface area contributed by atoms with Crippen molar-refractivity contribution in [1.82, 2.24) is 9.78 Å². The van der Waals surface area contributed by atoms with Crippen molar-refractivity contribution < 1.29 is 5.11 Å². The third kappa shape index (κ3) is 3.56. The quantitative estimate of drug-likeness (QED) is 0.828. The molecule has 0 saturated carbocycles. The highest BCUT2D eigenvalue weighted by Crippen LogP contribution is 2.20. The summed E-state index contributed by atoms with van der Waals surface area (Å²) in [4.78, 5) is 12.3. The molecule has 0 atom stereocenters. The Morgan fingerprint density at radius 1 is 1.38 bits per heavy atom. The van der Waals surface area contributed by atoms with Crippen LogP contribution in [0.3, 0.4) is 0 Å². The Labute approximate surface area is 132 Å². The van der Waals surface area contributed by atoms with Gasteiger partial charge in [0.2, 0.25) is 0 Å². The maximum absolute atomic E-state index is 12.3. The van der Waals surface area contributed by atoms with Crippen molar-refractivity contribution in [2.45, 2.75) is 13.3 Å². The van der Waals surface area contributed by atoms with E-state index in [1.807, 2.05) is 13.0 Å². The van der Waals surface area contributed by atoms with E-state index in [9.17, 15) is 4.79 Å². The average Bonchev–Trinajstić information content (AvgIpc) is 2.47. The third-order valence-corrected chi connectivity index (χ3v) is 3.74. The topological polar surface area (TPSA) is 67.2 Å². The van der Waals surface area contributed by atoms with Gasteiger partial charge in [-0.2, -0.15) is 9.78 Å². The molecule has 0 aliphatic carbocycles. The number of hydrogen-bond acceptors (Lipinski definition) is 4. The molecule has 2 rings (SSSR count). The van der Waals surface area contributed by atoms with Crippen LogP contribution < -0.4 is 10.9 Å². The van der Waals surface area contributed by atoms with Gasteiger partial charge < -0.3 is 10.4 Å². The number of aliphatic hydroxyl groups excluding tert-OH is 1. The minimum Gasteiger partial charge on any atom is -0.396 e. The van der Waals surface area contributed by atoms with Gasteiger partial charge in [-0.05, 0) is 31.0 Å². The Balaban J connectivity index is 2.36. The van der Waals surface area contributed by atoms with E-state index in [1.54, 1.807) is 12.1 Å². The average molecular weight is 328 g/mol. The van der Waals surface area contributed by atoms with Gasteiger partial charge in [-0.3, -0.25) is 4.79 Å². The van der Waals surface area contributed by atoms with Crippen molar-refractivity contribution in [3.63, 3.8) is 0 Å². The fourth-order valence-corrected chi connectivity index (χ4v) is 2.13. The molecule has 0 amide bonds. The molecule has 1 heterocycles. The van der Waals surface area contributed by atoms with Gasteiger partial charge in [-0.1, -0.05) is 29.3 Å². The van der Waals surface area contributed by atoms with Crippen molar-refractivity contribution in [2.24, 2.45) is 0 Å². The second-order valence-electron chi connectivity index (χ2n) is 4.53. The Morgan fingerprint density at radius 3 is 2.81 bits per heavy atom. The first-order valence-corrected chi connectivity index (χ1v) is 7.19. The van der Waals surface area contributed by atoms with Crippen LogP contribution >= 0.6 is 23.2 Å².